The summed E-state index contributed by atoms with van der Waals surface area (Å²) >= 11 is 2.12. The Labute approximate surface area is 192 Å². The van der Waals surface area contributed by atoms with Crippen molar-refractivity contribution in [2.75, 3.05) is 0 Å². The monoisotopic (exact) mass is 535 g/mol. The highest BCUT2D eigenvalue weighted by molar-refractivity contribution is 14.1. The molecule has 2 aromatic heterocycles. The summed E-state index contributed by atoms with van der Waals surface area (Å²) in [4.78, 5) is 27.0. The maximum absolute atomic E-state index is 12.3. The summed E-state index contributed by atoms with van der Waals surface area (Å²) in [6, 6.07) is 9.18. The third-order valence-corrected chi connectivity index (χ3v) is 6.35. The number of furan rings is 1. The van der Waals surface area contributed by atoms with Gasteiger partial charge in [0.1, 0.15) is 11.8 Å². The highest BCUT2D eigenvalue weighted by Crippen LogP contribution is 2.45. The Bertz CT molecular complexity index is 1160. The third kappa shape index (κ3) is 4.23. The van der Waals surface area contributed by atoms with E-state index in [9.17, 15) is 14.9 Å². The number of pyridine rings is 1. The van der Waals surface area contributed by atoms with Crippen LogP contribution in [0.4, 0.5) is 10.5 Å². The molecule has 31 heavy (non-hydrogen) atoms. The van der Waals surface area contributed by atoms with E-state index in [0.717, 1.165) is 34.0 Å². The molecule has 162 valence electrons. The Morgan fingerprint density at radius 2 is 1.97 bits per heavy atom. The number of nitro groups is 1. The van der Waals surface area contributed by atoms with Crippen LogP contribution in [0.3, 0.4) is 0 Å². The molecule has 4 rings (SSSR count). The molecule has 0 saturated heterocycles. The van der Waals surface area contributed by atoms with E-state index in [-0.39, 0.29) is 11.2 Å². The van der Waals surface area contributed by atoms with E-state index in [0.29, 0.717) is 16.9 Å². The number of carbonyl (C=O) groups is 1. The molecule has 0 radical (unpaired) electrons. The fourth-order valence-electron chi connectivity index (χ4n) is 3.61. The maximum atomic E-state index is 12.3. The van der Waals surface area contributed by atoms with Crippen LogP contribution in [0.15, 0.2) is 40.9 Å². The second kappa shape index (κ2) is 7.77. The minimum atomic E-state index is -0.614. The molecule has 1 aromatic carbocycles. The first-order valence-electron chi connectivity index (χ1n) is 9.92. The number of aromatic nitrogens is 1. The van der Waals surface area contributed by atoms with E-state index in [1.165, 1.54) is 12.3 Å². The number of hydrogen-bond donors (Lipinski definition) is 1. The van der Waals surface area contributed by atoms with Crippen molar-refractivity contribution in [2.24, 2.45) is 0 Å². The van der Waals surface area contributed by atoms with Crippen LogP contribution in [-0.2, 0) is 10.3 Å². The molecule has 9 heteroatoms. The van der Waals surface area contributed by atoms with Crippen LogP contribution in [0.25, 0.3) is 22.4 Å². The van der Waals surface area contributed by atoms with Crippen LogP contribution in [0.5, 0.6) is 0 Å². The second-order valence-corrected chi connectivity index (χ2v) is 9.82. The lowest BCUT2D eigenvalue weighted by Gasteiger charge is -2.42. The smallest absolute Gasteiger partial charge is 0.408 e. The predicted molar refractivity (Wildman–Crippen MR) is 124 cm³/mol. The number of benzene rings is 1. The molecule has 1 amide bonds. The van der Waals surface area contributed by atoms with E-state index in [1.807, 2.05) is 45.0 Å². The number of nitrogens with zero attached hydrogens (tertiary/aromatic N) is 2. The fraction of sp³-hybridized carbons (Fsp3) is 0.364. The van der Waals surface area contributed by atoms with E-state index >= 15 is 0 Å². The van der Waals surface area contributed by atoms with Gasteiger partial charge in [0.15, 0.2) is 5.76 Å². The number of nitrogens with one attached hydrogen (secondary N) is 1. The number of ether oxygens (including phenoxy) is 1. The molecule has 2 heterocycles. The molecule has 0 bridgehead atoms. The molecule has 3 aromatic rings. The van der Waals surface area contributed by atoms with Gasteiger partial charge in [-0.25, -0.2) is 9.78 Å². The van der Waals surface area contributed by atoms with Gasteiger partial charge in [0.05, 0.1) is 13.9 Å². The quantitative estimate of drug-likeness (QED) is 0.253. The van der Waals surface area contributed by atoms with Crippen LogP contribution in [-0.4, -0.2) is 21.5 Å². The number of fused-ring (bicyclic) bond motifs is 1. The second-order valence-electron chi connectivity index (χ2n) is 8.74. The van der Waals surface area contributed by atoms with Crippen molar-refractivity contribution in [1.82, 2.24) is 10.3 Å². The number of rotatable bonds is 4. The molecular weight excluding hydrogens is 513 g/mol. The molecule has 0 unspecified atom stereocenters. The molecule has 8 nitrogen and oxygen atoms in total. The highest BCUT2D eigenvalue weighted by Gasteiger charge is 2.43. The number of carbonyl (C=O) groups excluding carboxylic acids is 1. The molecule has 1 N–H and O–H groups in total. The lowest BCUT2D eigenvalue weighted by Crippen LogP contribution is -2.47. The van der Waals surface area contributed by atoms with E-state index in [1.54, 1.807) is 0 Å². The highest BCUT2D eigenvalue weighted by atomic mass is 127. The van der Waals surface area contributed by atoms with Crippen LogP contribution in [0.2, 0.25) is 0 Å². The van der Waals surface area contributed by atoms with Gasteiger partial charge in [0.25, 0.3) is 5.69 Å². The lowest BCUT2D eigenvalue weighted by atomic mass is 9.74. The molecule has 0 atom stereocenters. The van der Waals surface area contributed by atoms with Crippen LogP contribution in [0.1, 0.15) is 45.6 Å². The standard InChI is InChI=1S/C22H22IN3O5/c1-21(2,3)25-20(27)31-22(9-4-10-22)14-7-5-13(6-8-14)18-17(23)16-11-15(26(28)29)12-24-19(16)30-18/h5-8,11-12H,4,9-10H2,1-3H3,(H,25,27). The normalized spacial score (nSPS) is 15.4. The summed E-state index contributed by atoms with van der Waals surface area (Å²) in [7, 11) is 0. The van der Waals surface area contributed by atoms with Gasteiger partial charge in [-0.3, -0.25) is 10.1 Å². The topological polar surface area (TPSA) is 108 Å². The Balaban J connectivity index is 1.61. The fourth-order valence-corrected chi connectivity index (χ4v) is 4.42. The number of amides is 1. The van der Waals surface area contributed by atoms with E-state index in [4.69, 9.17) is 9.15 Å². The largest absolute Gasteiger partial charge is 0.438 e. The van der Waals surface area contributed by atoms with E-state index in [2.05, 4.69) is 32.9 Å². The Morgan fingerprint density at radius 1 is 1.29 bits per heavy atom. The first-order chi connectivity index (χ1) is 14.6. The molecule has 0 aliphatic heterocycles. The summed E-state index contributed by atoms with van der Waals surface area (Å²) in [5.74, 6) is 0.601. The summed E-state index contributed by atoms with van der Waals surface area (Å²) in [5, 5.41) is 14.5. The maximum Gasteiger partial charge on any atom is 0.408 e. The first-order valence-corrected chi connectivity index (χ1v) is 11.0. The van der Waals surface area contributed by atoms with Gasteiger partial charge in [-0.2, -0.15) is 0 Å². The van der Waals surface area contributed by atoms with Crippen molar-refractivity contribution >= 4 is 45.5 Å². The van der Waals surface area contributed by atoms with Crippen LogP contribution < -0.4 is 5.32 Å². The van der Waals surface area contributed by atoms with Gasteiger partial charge in [0, 0.05) is 17.2 Å². The summed E-state index contributed by atoms with van der Waals surface area (Å²) in [6.07, 6.45) is 3.32. The van der Waals surface area contributed by atoms with Gasteiger partial charge < -0.3 is 14.5 Å². The first kappa shape index (κ1) is 21.5. The van der Waals surface area contributed by atoms with Gasteiger partial charge in [-0.15, -0.1) is 0 Å². The van der Waals surface area contributed by atoms with Crippen molar-refractivity contribution in [1.29, 1.82) is 0 Å². The van der Waals surface area contributed by atoms with Crippen molar-refractivity contribution in [3.8, 4) is 11.3 Å². The van der Waals surface area contributed by atoms with Crippen LogP contribution in [0, 0.1) is 13.7 Å². The Kier molecular flexibility index (Phi) is 5.40. The molecule has 0 spiro atoms. The predicted octanol–water partition coefficient (Wildman–Crippen LogP) is 5.91. The zero-order valence-electron chi connectivity index (χ0n) is 17.4. The van der Waals surface area contributed by atoms with Crippen molar-refractivity contribution < 1.29 is 18.9 Å². The molecule has 1 aliphatic carbocycles. The average Bonchev–Trinajstić information content (AvgIpc) is 2.99. The molecule has 1 saturated carbocycles. The minimum absolute atomic E-state index is 0.0780. The molecule has 1 aliphatic rings. The van der Waals surface area contributed by atoms with Crippen LogP contribution >= 0.6 is 22.6 Å². The Hall–Kier alpha value is -2.69. The summed E-state index contributed by atoms with van der Waals surface area (Å²) in [6.45, 7) is 5.73. The molecule has 1 fully saturated rings. The van der Waals surface area contributed by atoms with Gasteiger partial charge in [-0.1, -0.05) is 24.3 Å². The summed E-state index contributed by atoms with van der Waals surface area (Å²) in [5.41, 5.74) is 1.05. The zero-order chi connectivity index (χ0) is 22.4. The average molecular weight is 535 g/mol. The zero-order valence-corrected chi connectivity index (χ0v) is 19.6. The summed E-state index contributed by atoms with van der Waals surface area (Å²) < 4.78 is 12.5. The van der Waals surface area contributed by atoms with E-state index < -0.39 is 16.6 Å². The van der Waals surface area contributed by atoms with Gasteiger partial charge in [0.2, 0.25) is 5.71 Å². The number of halogens is 1. The Morgan fingerprint density at radius 3 is 2.52 bits per heavy atom. The SMILES string of the molecule is CC(C)(C)NC(=O)OC1(c2ccc(-c3oc4ncc([N+](=O)[O-])cc4c3I)cc2)CCC1. The molecular formula is C22H22IN3O5. The lowest BCUT2D eigenvalue weighted by molar-refractivity contribution is -0.385. The van der Waals surface area contributed by atoms with Gasteiger partial charge in [-0.05, 0) is 68.2 Å². The minimum Gasteiger partial charge on any atom is -0.438 e. The number of alkyl carbamates (subject to hydrolysis) is 1. The van der Waals surface area contributed by atoms with Crippen molar-refractivity contribution in [2.45, 2.75) is 51.2 Å². The van der Waals surface area contributed by atoms with Crippen molar-refractivity contribution in [3.63, 3.8) is 0 Å². The van der Waals surface area contributed by atoms with Gasteiger partial charge >= 0.3 is 6.09 Å². The number of hydrogen-bond acceptors (Lipinski definition) is 6. The van der Waals surface area contributed by atoms with Crippen molar-refractivity contribution in [3.05, 3.63) is 55.8 Å². The third-order valence-electron chi connectivity index (χ3n) is 5.28.